The third-order valence-corrected chi connectivity index (χ3v) is 4.21. The van der Waals surface area contributed by atoms with Crippen molar-refractivity contribution >= 4 is 27.5 Å². The van der Waals surface area contributed by atoms with E-state index in [1.165, 1.54) is 0 Å². The number of rotatable bonds is 0. The highest BCUT2D eigenvalue weighted by molar-refractivity contribution is 9.12. The molecule has 15 heavy (non-hydrogen) atoms. The lowest BCUT2D eigenvalue weighted by atomic mass is 9.73. The van der Waals surface area contributed by atoms with Gasteiger partial charge in [-0.1, -0.05) is 28.1 Å². The van der Waals surface area contributed by atoms with Gasteiger partial charge in [0.05, 0.1) is 5.41 Å². The molecule has 4 rings (SSSR count). The molecule has 0 fully saturated rings. The van der Waals surface area contributed by atoms with Gasteiger partial charge < -0.3 is 0 Å². The van der Waals surface area contributed by atoms with E-state index in [9.17, 15) is 9.59 Å². The Morgan fingerprint density at radius 3 is 2.80 bits per heavy atom. The lowest BCUT2D eigenvalue weighted by Gasteiger charge is -2.28. The standard InChI is InChI=1S/C12H9BrO2/c13-9-6-11(15)12-3-1-7(2-4-12)10(14)5-8(9)12/h1,3,5-7H,2,4H2/t7-,12-/m0/s1. The average Bonchev–Trinajstić information content (AvgIpc) is 2.41. The van der Waals surface area contributed by atoms with E-state index in [0.29, 0.717) is 0 Å². The van der Waals surface area contributed by atoms with Crippen LogP contribution in [-0.2, 0) is 9.59 Å². The molecule has 4 aliphatic carbocycles. The van der Waals surface area contributed by atoms with Gasteiger partial charge in [0, 0.05) is 10.4 Å². The number of ketones is 2. The Bertz CT molecular complexity index is 470. The molecule has 0 unspecified atom stereocenters. The number of carbonyl (C=O) groups excluding carboxylic acids is 2. The zero-order valence-electron chi connectivity index (χ0n) is 8.00. The van der Waals surface area contributed by atoms with Crippen LogP contribution in [0.2, 0.25) is 0 Å². The van der Waals surface area contributed by atoms with Gasteiger partial charge in [-0.2, -0.15) is 0 Å². The first-order chi connectivity index (χ1) is 7.13. The molecule has 3 heteroatoms. The molecular formula is C12H9BrO2. The van der Waals surface area contributed by atoms with Crippen LogP contribution in [0.1, 0.15) is 12.8 Å². The van der Waals surface area contributed by atoms with Crippen molar-refractivity contribution in [3.8, 4) is 0 Å². The topological polar surface area (TPSA) is 34.1 Å². The second-order valence-corrected chi connectivity index (χ2v) is 5.15. The molecule has 0 saturated heterocycles. The average molecular weight is 265 g/mol. The first kappa shape index (κ1) is 9.28. The molecule has 0 aromatic rings. The minimum Gasteiger partial charge on any atom is -0.294 e. The van der Waals surface area contributed by atoms with E-state index < -0.39 is 5.41 Å². The normalized spacial score (nSPS) is 37.5. The largest absolute Gasteiger partial charge is 0.294 e. The predicted molar refractivity (Wildman–Crippen MR) is 59.4 cm³/mol. The van der Waals surface area contributed by atoms with Gasteiger partial charge >= 0.3 is 0 Å². The van der Waals surface area contributed by atoms with Gasteiger partial charge in [0.25, 0.3) is 0 Å². The molecule has 76 valence electrons. The second kappa shape index (κ2) is 2.79. The Morgan fingerprint density at radius 2 is 2.13 bits per heavy atom. The van der Waals surface area contributed by atoms with Crippen molar-refractivity contribution < 1.29 is 9.59 Å². The summed E-state index contributed by atoms with van der Waals surface area (Å²) in [4.78, 5) is 23.7. The monoisotopic (exact) mass is 264 g/mol. The fourth-order valence-corrected chi connectivity index (χ4v) is 3.30. The Hall–Kier alpha value is -0.960. The van der Waals surface area contributed by atoms with Crippen molar-refractivity contribution in [1.29, 1.82) is 0 Å². The Kier molecular flexibility index (Phi) is 1.72. The maximum Gasteiger partial charge on any atom is 0.171 e. The van der Waals surface area contributed by atoms with Gasteiger partial charge in [-0.25, -0.2) is 0 Å². The molecule has 2 nitrogen and oxygen atoms in total. The molecule has 1 spiro atoms. The Balaban J connectivity index is 2.27. The molecule has 0 saturated carbocycles. The van der Waals surface area contributed by atoms with Crippen LogP contribution in [0.25, 0.3) is 0 Å². The highest BCUT2D eigenvalue weighted by atomic mass is 79.9. The van der Waals surface area contributed by atoms with Crippen LogP contribution >= 0.6 is 15.9 Å². The zero-order chi connectivity index (χ0) is 10.6. The molecule has 0 aromatic heterocycles. The Morgan fingerprint density at radius 1 is 1.33 bits per heavy atom. The van der Waals surface area contributed by atoms with Crippen LogP contribution in [-0.4, -0.2) is 11.6 Å². The summed E-state index contributed by atoms with van der Waals surface area (Å²) >= 11 is 3.36. The van der Waals surface area contributed by atoms with Crippen molar-refractivity contribution in [2.75, 3.05) is 0 Å². The van der Waals surface area contributed by atoms with Gasteiger partial charge in [-0.05, 0) is 30.6 Å². The first-order valence-corrected chi connectivity index (χ1v) is 5.80. The third-order valence-electron chi connectivity index (χ3n) is 3.55. The molecule has 2 bridgehead atoms. The summed E-state index contributed by atoms with van der Waals surface area (Å²) in [5.74, 6) is 0.215. The molecule has 2 atom stereocenters. The molecule has 0 N–H and O–H groups in total. The van der Waals surface area contributed by atoms with Crippen molar-refractivity contribution in [2.24, 2.45) is 11.3 Å². The maximum absolute atomic E-state index is 11.9. The van der Waals surface area contributed by atoms with Gasteiger partial charge in [0.15, 0.2) is 11.6 Å². The molecule has 0 radical (unpaired) electrons. The fourth-order valence-electron chi connectivity index (χ4n) is 2.62. The lowest BCUT2D eigenvalue weighted by Crippen LogP contribution is -2.28. The van der Waals surface area contributed by atoms with Crippen molar-refractivity contribution in [2.45, 2.75) is 12.8 Å². The van der Waals surface area contributed by atoms with E-state index >= 15 is 0 Å². The molecule has 0 amide bonds. The SMILES string of the molecule is O=C1C=C2C(Br)=CC(=O)[C@]23C=C[C@H]1CC3. The molecular weight excluding hydrogens is 256 g/mol. The minimum atomic E-state index is -0.526. The van der Waals surface area contributed by atoms with Crippen LogP contribution in [0.5, 0.6) is 0 Å². The van der Waals surface area contributed by atoms with Crippen molar-refractivity contribution in [3.63, 3.8) is 0 Å². The number of allylic oxidation sites excluding steroid dienone is 6. The maximum atomic E-state index is 11.9. The number of carbonyl (C=O) groups is 2. The van der Waals surface area contributed by atoms with Gasteiger partial charge in [-0.3, -0.25) is 9.59 Å². The quantitative estimate of drug-likeness (QED) is 0.630. The molecule has 4 aliphatic rings. The van der Waals surface area contributed by atoms with E-state index in [4.69, 9.17) is 0 Å². The minimum absolute atomic E-state index is 0.0122. The Labute approximate surface area is 95.9 Å². The van der Waals surface area contributed by atoms with E-state index in [-0.39, 0.29) is 17.5 Å². The third kappa shape index (κ3) is 1.04. The molecule has 0 aromatic carbocycles. The summed E-state index contributed by atoms with van der Waals surface area (Å²) in [6.45, 7) is 0. The number of hydrogen-bond acceptors (Lipinski definition) is 2. The summed E-state index contributed by atoms with van der Waals surface area (Å²) in [5.41, 5.74) is 0.329. The second-order valence-electron chi connectivity index (χ2n) is 4.29. The van der Waals surface area contributed by atoms with Gasteiger partial charge in [-0.15, -0.1) is 0 Å². The molecule has 0 heterocycles. The lowest BCUT2D eigenvalue weighted by molar-refractivity contribution is -0.120. The summed E-state index contributed by atoms with van der Waals surface area (Å²) in [7, 11) is 0. The van der Waals surface area contributed by atoms with Gasteiger partial charge in [0.1, 0.15) is 0 Å². The van der Waals surface area contributed by atoms with Crippen LogP contribution in [0.3, 0.4) is 0 Å². The van der Waals surface area contributed by atoms with Crippen LogP contribution < -0.4 is 0 Å². The summed E-state index contributed by atoms with van der Waals surface area (Å²) < 4.78 is 0.771. The van der Waals surface area contributed by atoms with Crippen molar-refractivity contribution in [1.82, 2.24) is 0 Å². The van der Waals surface area contributed by atoms with E-state index in [1.807, 2.05) is 12.2 Å². The summed E-state index contributed by atoms with van der Waals surface area (Å²) in [6.07, 6.45) is 8.60. The van der Waals surface area contributed by atoms with E-state index in [0.717, 1.165) is 22.9 Å². The highest BCUT2D eigenvalue weighted by Crippen LogP contribution is 2.51. The van der Waals surface area contributed by atoms with Crippen LogP contribution in [0, 0.1) is 11.3 Å². The van der Waals surface area contributed by atoms with Crippen LogP contribution in [0.15, 0.2) is 34.4 Å². The predicted octanol–water partition coefficient (Wildman–Crippen LogP) is 2.31. The molecule has 0 aliphatic heterocycles. The number of halogens is 1. The zero-order valence-corrected chi connectivity index (χ0v) is 9.58. The smallest absolute Gasteiger partial charge is 0.171 e. The van der Waals surface area contributed by atoms with Crippen LogP contribution in [0.4, 0.5) is 0 Å². The first-order valence-electron chi connectivity index (χ1n) is 5.01. The van der Waals surface area contributed by atoms with Gasteiger partial charge in [0.2, 0.25) is 0 Å². The summed E-state index contributed by atoms with van der Waals surface area (Å²) in [5, 5.41) is 0. The van der Waals surface area contributed by atoms with E-state index in [2.05, 4.69) is 15.9 Å². The summed E-state index contributed by atoms with van der Waals surface area (Å²) in [6, 6.07) is 0. The fraction of sp³-hybridized carbons (Fsp3) is 0.333. The van der Waals surface area contributed by atoms with E-state index in [1.54, 1.807) is 12.2 Å². The van der Waals surface area contributed by atoms with Crippen molar-refractivity contribution in [3.05, 3.63) is 34.4 Å². The highest BCUT2D eigenvalue weighted by Gasteiger charge is 2.48. The number of fused-ring (bicyclic) bond motifs is 2. The number of hydrogen-bond donors (Lipinski definition) is 0.